The number of hydrogen-bond acceptors (Lipinski definition) is 7. The molecule has 0 saturated heterocycles. The molecule has 0 saturated carbocycles. The Morgan fingerprint density at radius 2 is 0.551 bits per heavy atom. The number of phosphoric acid groups is 1. The van der Waals surface area contributed by atoms with Crippen LogP contribution in [0.5, 0.6) is 0 Å². The van der Waals surface area contributed by atoms with Gasteiger partial charge in [0.2, 0.25) is 0 Å². The molecule has 0 radical (unpaired) electrons. The van der Waals surface area contributed by atoms with Gasteiger partial charge in [0.05, 0.1) is 27.7 Å². The minimum atomic E-state index is -4.40. The summed E-state index contributed by atoms with van der Waals surface area (Å²) < 4.78 is 34.8. The number of phosphoric ester groups is 1. The van der Waals surface area contributed by atoms with Crippen molar-refractivity contribution in [3.63, 3.8) is 0 Å². The number of carbonyl (C=O) groups is 2. The molecule has 0 aliphatic heterocycles. The van der Waals surface area contributed by atoms with Crippen molar-refractivity contribution >= 4 is 19.8 Å². The zero-order valence-electron chi connectivity index (χ0n) is 64.5. The Kier molecular flexibility index (Phi) is 74.3. The number of rotatable bonds is 75. The highest BCUT2D eigenvalue weighted by atomic mass is 31.2. The number of quaternary nitrogens is 1. The summed E-state index contributed by atoms with van der Waals surface area (Å²) in [6.07, 6.45) is 113. The topological polar surface area (TPSA) is 108 Å². The maximum absolute atomic E-state index is 12.9. The Bertz CT molecular complexity index is 2120. The Morgan fingerprint density at radius 1 is 0.316 bits per heavy atom. The van der Waals surface area contributed by atoms with Crippen molar-refractivity contribution in [2.45, 2.75) is 367 Å². The van der Waals surface area contributed by atoms with Gasteiger partial charge in [0, 0.05) is 12.8 Å². The van der Waals surface area contributed by atoms with Crippen molar-refractivity contribution in [2.24, 2.45) is 0 Å². The molecule has 0 aromatic rings. The molecule has 10 heteroatoms. The third kappa shape index (κ3) is 81.1. The van der Waals surface area contributed by atoms with E-state index in [0.717, 1.165) is 109 Å². The molecule has 0 rings (SSSR count). The summed E-state index contributed by atoms with van der Waals surface area (Å²) >= 11 is 0. The normalized spacial score (nSPS) is 13.7. The van der Waals surface area contributed by atoms with Crippen molar-refractivity contribution in [3.8, 4) is 0 Å². The number of hydrogen-bond donors (Lipinski definition) is 1. The first kappa shape index (κ1) is 94.2. The van der Waals surface area contributed by atoms with Gasteiger partial charge in [-0.1, -0.05) is 372 Å². The van der Waals surface area contributed by atoms with Gasteiger partial charge in [-0.2, -0.15) is 0 Å². The van der Waals surface area contributed by atoms with Gasteiger partial charge in [-0.05, 0) is 109 Å². The standard InChI is InChI=1S/C88H154NO8P/c1-6-8-10-12-14-16-18-20-22-24-26-28-30-32-34-36-38-40-41-42-43-44-45-46-47-49-50-52-54-56-58-60-62-64-66-68-70-72-74-76-78-80-87(90)94-84-86(85-96-98(92,93)95-83-82-89(3,4)5)97-88(91)81-79-77-75-73-71-69-67-65-63-61-59-57-55-53-51-48-39-37-35-33-31-29-27-25-23-21-19-17-15-13-11-9-7-2/h8-11,14-17,20-23,26-29,32-35,39,48,86H,6-7,12-13,18-19,24-25,30-31,36-38,40-47,49-85H2,1-5H3/p+1/b10-8-,11-9-,16-14-,17-15-,22-20-,23-21-,28-26-,29-27-,34-32-,35-33-,48-39-. The van der Waals surface area contributed by atoms with Crippen LogP contribution in [0.15, 0.2) is 134 Å². The smallest absolute Gasteiger partial charge is 0.462 e. The van der Waals surface area contributed by atoms with Gasteiger partial charge in [0.25, 0.3) is 0 Å². The minimum absolute atomic E-state index is 0.0293. The predicted molar refractivity (Wildman–Crippen MR) is 427 cm³/mol. The van der Waals surface area contributed by atoms with E-state index in [0.29, 0.717) is 17.4 Å². The summed E-state index contributed by atoms with van der Waals surface area (Å²) in [6, 6.07) is 0. The van der Waals surface area contributed by atoms with E-state index in [2.05, 4.69) is 148 Å². The van der Waals surface area contributed by atoms with Crippen LogP contribution in [0.3, 0.4) is 0 Å². The largest absolute Gasteiger partial charge is 0.472 e. The van der Waals surface area contributed by atoms with Crippen LogP contribution in [0.2, 0.25) is 0 Å². The average molecular weight is 1390 g/mol. The van der Waals surface area contributed by atoms with Crippen LogP contribution in [0.4, 0.5) is 0 Å². The first-order valence-corrected chi connectivity index (χ1v) is 42.4. The van der Waals surface area contributed by atoms with Gasteiger partial charge in [-0.25, -0.2) is 4.57 Å². The molecule has 0 heterocycles. The van der Waals surface area contributed by atoms with Crippen LogP contribution in [0, 0.1) is 0 Å². The number of nitrogens with zero attached hydrogens (tertiary/aromatic N) is 1. The molecule has 98 heavy (non-hydrogen) atoms. The minimum Gasteiger partial charge on any atom is -0.462 e. The van der Waals surface area contributed by atoms with E-state index in [1.54, 1.807) is 0 Å². The van der Waals surface area contributed by atoms with Gasteiger partial charge in [-0.15, -0.1) is 0 Å². The maximum Gasteiger partial charge on any atom is 0.472 e. The zero-order chi connectivity index (χ0) is 71.1. The van der Waals surface area contributed by atoms with E-state index in [4.69, 9.17) is 18.5 Å². The number of allylic oxidation sites excluding steroid dienone is 22. The number of ether oxygens (including phenoxy) is 2. The SMILES string of the molecule is CC/C=C\C/C=C\C/C=C\C/C=C\C/C=C\C/C=C\CCCCCCCCCCCCCCCCC(=O)OC(COC(=O)CCCCCCCCCCCCCCCCCCCCCCCCCCC/C=C\C/C=C\C/C=C\C/C=C\C/C=C\CC)COP(=O)(O)OCC[N+](C)(C)C. The molecular formula is C88H155NO8P+. The van der Waals surface area contributed by atoms with Gasteiger partial charge < -0.3 is 18.9 Å². The summed E-state index contributed by atoms with van der Waals surface area (Å²) in [4.78, 5) is 36.0. The summed E-state index contributed by atoms with van der Waals surface area (Å²) in [5, 5.41) is 0. The van der Waals surface area contributed by atoms with Gasteiger partial charge in [-0.3, -0.25) is 18.6 Å². The Labute approximate surface area is 606 Å². The van der Waals surface area contributed by atoms with Crippen LogP contribution < -0.4 is 0 Å². The summed E-state index contributed by atoms with van der Waals surface area (Å²) in [7, 11) is 1.48. The van der Waals surface area contributed by atoms with Crippen molar-refractivity contribution in [3.05, 3.63) is 134 Å². The van der Waals surface area contributed by atoms with E-state index < -0.39 is 26.5 Å². The number of esters is 2. The second kappa shape index (κ2) is 77.3. The van der Waals surface area contributed by atoms with E-state index in [1.807, 2.05) is 21.1 Å². The van der Waals surface area contributed by atoms with Crippen molar-refractivity contribution in [1.82, 2.24) is 0 Å². The van der Waals surface area contributed by atoms with Gasteiger partial charge in [0.1, 0.15) is 19.8 Å². The lowest BCUT2D eigenvalue weighted by Gasteiger charge is -2.24. The van der Waals surface area contributed by atoms with Gasteiger partial charge in [0.15, 0.2) is 6.10 Å². The third-order valence-corrected chi connectivity index (χ3v) is 18.7. The maximum atomic E-state index is 12.9. The molecule has 0 aromatic carbocycles. The van der Waals surface area contributed by atoms with Crippen LogP contribution in [0.25, 0.3) is 0 Å². The summed E-state index contributed by atoms with van der Waals surface area (Å²) in [5.74, 6) is -0.786. The Balaban J connectivity index is 3.93. The fourth-order valence-corrected chi connectivity index (χ4v) is 12.3. The molecule has 0 aliphatic carbocycles. The van der Waals surface area contributed by atoms with Crippen molar-refractivity contribution in [1.29, 1.82) is 0 Å². The fraction of sp³-hybridized carbons (Fsp3) is 0.727. The molecule has 0 aliphatic rings. The third-order valence-electron chi connectivity index (χ3n) is 17.7. The first-order chi connectivity index (χ1) is 48.0. The molecule has 0 fully saturated rings. The average Bonchev–Trinajstić information content (AvgIpc) is 1.08. The van der Waals surface area contributed by atoms with Gasteiger partial charge >= 0.3 is 19.8 Å². The molecule has 0 spiro atoms. The molecular weight excluding hydrogens is 1230 g/mol. The molecule has 0 aromatic heterocycles. The first-order valence-electron chi connectivity index (χ1n) is 40.9. The molecule has 564 valence electrons. The molecule has 2 unspecified atom stereocenters. The number of carbonyl (C=O) groups excluding carboxylic acids is 2. The Hall–Kier alpha value is -3.85. The lowest BCUT2D eigenvalue weighted by molar-refractivity contribution is -0.870. The summed E-state index contributed by atoms with van der Waals surface area (Å²) in [5.41, 5.74) is 0. The Morgan fingerprint density at radius 3 is 0.816 bits per heavy atom. The van der Waals surface area contributed by atoms with Crippen LogP contribution >= 0.6 is 7.82 Å². The number of unbranched alkanes of at least 4 members (excludes halogenated alkanes) is 39. The van der Waals surface area contributed by atoms with E-state index in [-0.39, 0.29) is 32.0 Å². The highest BCUT2D eigenvalue weighted by Crippen LogP contribution is 2.43. The lowest BCUT2D eigenvalue weighted by Crippen LogP contribution is -2.37. The number of likely N-dealkylation sites (N-methyl/N-ethyl adjacent to an activating group) is 1. The van der Waals surface area contributed by atoms with E-state index >= 15 is 0 Å². The predicted octanol–water partition coefficient (Wildman–Crippen LogP) is 27.5. The second-order valence-corrected chi connectivity index (χ2v) is 29.8. The molecule has 1 N–H and O–H groups in total. The lowest BCUT2D eigenvalue weighted by atomic mass is 10.0. The second-order valence-electron chi connectivity index (χ2n) is 28.4. The summed E-state index contributed by atoms with van der Waals surface area (Å²) in [6.45, 7) is 4.24. The van der Waals surface area contributed by atoms with Crippen molar-refractivity contribution < 1.29 is 42.1 Å². The molecule has 9 nitrogen and oxygen atoms in total. The van der Waals surface area contributed by atoms with E-state index in [1.165, 1.54) is 218 Å². The molecule has 0 amide bonds. The highest BCUT2D eigenvalue weighted by Gasteiger charge is 2.27. The van der Waals surface area contributed by atoms with Crippen LogP contribution in [-0.2, 0) is 32.7 Å². The van der Waals surface area contributed by atoms with Crippen LogP contribution in [0.1, 0.15) is 361 Å². The van der Waals surface area contributed by atoms with Crippen molar-refractivity contribution in [2.75, 3.05) is 47.5 Å². The van der Waals surface area contributed by atoms with E-state index in [9.17, 15) is 19.0 Å². The fourth-order valence-electron chi connectivity index (χ4n) is 11.5. The molecule has 2 atom stereocenters. The highest BCUT2D eigenvalue weighted by molar-refractivity contribution is 7.47. The van der Waals surface area contributed by atoms with Crippen LogP contribution in [-0.4, -0.2) is 74.9 Å². The molecule has 0 bridgehead atoms. The zero-order valence-corrected chi connectivity index (χ0v) is 65.4. The monoisotopic (exact) mass is 1390 g/mol. The quantitative estimate of drug-likeness (QED) is 0.0211.